The maximum absolute atomic E-state index is 9.19. The van der Waals surface area contributed by atoms with Gasteiger partial charge in [-0.3, -0.25) is 14.0 Å². The average molecular weight is 634 g/mol. The lowest BCUT2D eigenvalue weighted by Gasteiger charge is -2.39. The normalized spacial score (nSPS) is 17.8. The molecule has 1 saturated heterocycles. The summed E-state index contributed by atoms with van der Waals surface area (Å²) in [6.45, 7) is 5.39. The van der Waals surface area contributed by atoms with Crippen LogP contribution in [0.3, 0.4) is 0 Å². The molecular weight excluding hydrogens is 599 g/mol. The Labute approximate surface area is 238 Å². The minimum absolute atomic E-state index is 0. The van der Waals surface area contributed by atoms with Gasteiger partial charge in [0.15, 0.2) is 0 Å². The Morgan fingerprint density at radius 1 is 0.921 bits per heavy atom. The van der Waals surface area contributed by atoms with Crippen molar-refractivity contribution in [2.75, 3.05) is 51.8 Å². The fraction of sp³-hybridized carbons (Fsp3) is 0.478. The van der Waals surface area contributed by atoms with Gasteiger partial charge in [0.2, 0.25) is 0 Å². The number of hydrogen-bond donors (Lipinski definition) is 3. The second-order valence-corrected chi connectivity index (χ2v) is 13.5. The minimum atomic E-state index is -3.67. The molecule has 15 heteroatoms. The van der Waals surface area contributed by atoms with Gasteiger partial charge in [0, 0.05) is 55.2 Å². The lowest BCUT2D eigenvalue weighted by atomic mass is 9.96. The SMILES string of the molecule is CS(=O)(=O)O.CS(=O)(=O)O.O.OCCCN1CCN(C2Cc3ccccc3Sc3cc(Cl)c(Cl)cc32)CC1. The quantitative estimate of drug-likeness (QED) is 0.426. The van der Waals surface area contributed by atoms with Crippen molar-refractivity contribution in [3.05, 3.63) is 57.6 Å². The minimum Gasteiger partial charge on any atom is -0.412 e. The summed E-state index contributed by atoms with van der Waals surface area (Å²) in [5.41, 5.74) is 2.67. The maximum Gasteiger partial charge on any atom is 0.261 e. The molecule has 0 aliphatic carbocycles. The molecule has 2 heterocycles. The number of benzene rings is 2. The van der Waals surface area contributed by atoms with Crippen LogP contribution < -0.4 is 0 Å². The Kier molecular flexibility index (Phi) is 14.5. The molecule has 38 heavy (non-hydrogen) atoms. The van der Waals surface area contributed by atoms with Crippen LogP contribution in [0.15, 0.2) is 46.2 Å². The lowest BCUT2D eigenvalue weighted by molar-refractivity contribution is 0.0899. The third-order valence-electron chi connectivity index (χ3n) is 5.50. The molecule has 2 aliphatic rings. The zero-order chi connectivity index (χ0) is 27.8. The number of piperazine rings is 1. The second kappa shape index (κ2) is 15.7. The number of fused-ring (bicyclic) bond motifs is 2. The molecule has 0 spiro atoms. The summed E-state index contributed by atoms with van der Waals surface area (Å²) in [6.07, 6.45) is 3.27. The van der Waals surface area contributed by atoms with Gasteiger partial charge in [-0.05, 0) is 42.2 Å². The van der Waals surface area contributed by atoms with Gasteiger partial charge in [0.1, 0.15) is 0 Å². The van der Waals surface area contributed by atoms with E-state index in [1.165, 1.54) is 20.9 Å². The molecule has 1 fully saturated rings. The Morgan fingerprint density at radius 3 is 2.00 bits per heavy atom. The molecule has 0 bridgehead atoms. The molecule has 2 aromatic carbocycles. The molecular formula is C23H34Cl2N2O8S3. The standard InChI is InChI=1S/C21H24Cl2N2OS.2CH4O3S.H2O/c22-17-13-16-19(25-9-7-24(8-10-25)6-3-11-26)12-15-4-1-2-5-20(15)27-21(16)14-18(17)23;2*1-5(2,3)4;/h1-2,4-5,13-14,19,26H,3,6-12H2;2*1H3,(H,2,3,4);1H2. The summed E-state index contributed by atoms with van der Waals surface area (Å²) in [6, 6.07) is 13.1. The number of aliphatic hydroxyl groups excluding tert-OH is 1. The van der Waals surface area contributed by atoms with Gasteiger partial charge < -0.3 is 15.5 Å². The van der Waals surface area contributed by atoms with Gasteiger partial charge in [-0.2, -0.15) is 16.8 Å². The zero-order valence-corrected chi connectivity index (χ0v) is 25.0. The van der Waals surface area contributed by atoms with E-state index < -0.39 is 20.2 Å². The van der Waals surface area contributed by atoms with Gasteiger partial charge in [-0.25, -0.2) is 0 Å². The summed E-state index contributed by atoms with van der Waals surface area (Å²) >= 11 is 14.5. The van der Waals surface area contributed by atoms with Crippen LogP contribution in [0.1, 0.15) is 23.6 Å². The predicted octanol–water partition coefficient (Wildman–Crippen LogP) is 2.93. The van der Waals surface area contributed by atoms with Crippen molar-refractivity contribution < 1.29 is 36.5 Å². The van der Waals surface area contributed by atoms with Crippen LogP contribution in [-0.2, 0) is 26.7 Å². The maximum atomic E-state index is 9.19. The topological polar surface area (TPSA) is 167 Å². The van der Waals surface area contributed by atoms with Crippen molar-refractivity contribution in [2.45, 2.75) is 28.7 Å². The third-order valence-corrected chi connectivity index (χ3v) is 7.41. The van der Waals surface area contributed by atoms with Crippen molar-refractivity contribution in [3.8, 4) is 0 Å². The number of aliphatic hydroxyl groups is 1. The van der Waals surface area contributed by atoms with E-state index >= 15 is 0 Å². The van der Waals surface area contributed by atoms with Crippen LogP contribution in [0.5, 0.6) is 0 Å². The van der Waals surface area contributed by atoms with Gasteiger partial charge in [0.25, 0.3) is 20.2 Å². The first kappa shape index (κ1) is 35.1. The highest BCUT2D eigenvalue weighted by Crippen LogP contribution is 2.45. The number of hydrogen-bond acceptors (Lipinski definition) is 8. The predicted molar refractivity (Wildman–Crippen MR) is 152 cm³/mol. The Bertz CT molecular complexity index is 1210. The van der Waals surface area contributed by atoms with Crippen LogP contribution in [0.4, 0.5) is 0 Å². The van der Waals surface area contributed by atoms with Crippen molar-refractivity contribution in [2.24, 2.45) is 0 Å². The number of rotatable bonds is 4. The largest absolute Gasteiger partial charge is 0.412 e. The van der Waals surface area contributed by atoms with E-state index in [0.717, 1.165) is 45.6 Å². The lowest BCUT2D eigenvalue weighted by Crippen LogP contribution is -2.48. The average Bonchev–Trinajstić information content (AvgIpc) is 2.93. The highest BCUT2D eigenvalue weighted by molar-refractivity contribution is 7.99. The fourth-order valence-electron chi connectivity index (χ4n) is 4.02. The van der Waals surface area contributed by atoms with E-state index in [1.807, 2.05) is 6.07 Å². The molecule has 4 rings (SSSR count). The molecule has 0 radical (unpaired) electrons. The summed E-state index contributed by atoms with van der Waals surface area (Å²) in [4.78, 5) is 7.55. The first-order valence-electron chi connectivity index (χ1n) is 11.3. The van der Waals surface area contributed by atoms with Crippen LogP contribution in [-0.4, -0.2) is 98.2 Å². The molecule has 10 nitrogen and oxygen atoms in total. The van der Waals surface area contributed by atoms with Crippen molar-refractivity contribution >= 4 is 55.2 Å². The molecule has 216 valence electrons. The summed E-state index contributed by atoms with van der Waals surface area (Å²) in [7, 11) is -7.33. The monoisotopic (exact) mass is 632 g/mol. The Hall–Kier alpha value is -0.970. The van der Waals surface area contributed by atoms with Crippen LogP contribution >= 0.6 is 35.0 Å². The first-order valence-corrected chi connectivity index (χ1v) is 16.6. The molecule has 2 aromatic rings. The van der Waals surface area contributed by atoms with Crippen LogP contribution in [0.2, 0.25) is 10.0 Å². The van der Waals surface area contributed by atoms with Crippen LogP contribution in [0, 0.1) is 0 Å². The molecule has 0 saturated carbocycles. The third kappa shape index (κ3) is 12.9. The Morgan fingerprint density at radius 2 is 1.45 bits per heavy atom. The van der Waals surface area contributed by atoms with Gasteiger partial charge in [-0.15, -0.1) is 0 Å². The van der Waals surface area contributed by atoms with Gasteiger partial charge in [-0.1, -0.05) is 53.2 Å². The van der Waals surface area contributed by atoms with E-state index in [9.17, 15) is 16.8 Å². The molecule has 0 amide bonds. The number of halogens is 2. The second-order valence-electron chi connectivity index (χ2n) is 8.65. The fourth-order valence-corrected chi connectivity index (χ4v) is 5.58. The molecule has 1 atom stereocenters. The van der Waals surface area contributed by atoms with Gasteiger partial charge in [0.05, 0.1) is 22.6 Å². The van der Waals surface area contributed by atoms with E-state index in [2.05, 4.69) is 40.1 Å². The van der Waals surface area contributed by atoms with E-state index in [1.54, 1.807) is 11.8 Å². The highest BCUT2D eigenvalue weighted by Gasteiger charge is 2.30. The molecule has 0 aromatic heterocycles. The van der Waals surface area contributed by atoms with E-state index in [4.69, 9.17) is 37.4 Å². The van der Waals surface area contributed by atoms with Crippen LogP contribution in [0.25, 0.3) is 0 Å². The van der Waals surface area contributed by atoms with Crippen molar-refractivity contribution in [1.82, 2.24) is 9.80 Å². The molecule has 5 N–H and O–H groups in total. The summed E-state index contributed by atoms with van der Waals surface area (Å²) < 4.78 is 51.7. The molecule has 1 unspecified atom stereocenters. The highest BCUT2D eigenvalue weighted by atomic mass is 35.5. The summed E-state index contributed by atoms with van der Waals surface area (Å²) in [5, 5.41) is 10.3. The number of nitrogens with zero attached hydrogens (tertiary/aromatic N) is 2. The van der Waals surface area contributed by atoms with E-state index in [0.29, 0.717) is 28.6 Å². The van der Waals surface area contributed by atoms with Gasteiger partial charge >= 0.3 is 0 Å². The zero-order valence-electron chi connectivity index (χ0n) is 21.0. The smallest absolute Gasteiger partial charge is 0.261 e. The Balaban J connectivity index is 0.000000564. The van der Waals surface area contributed by atoms with E-state index in [-0.39, 0.29) is 12.1 Å². The summed E-state index contributed by atoms with van der Waals surface area (Å²) in [5.74, 6) is 0. The molecule has 2 aliphatic heterocycles. The van der Waals surface area contributed by atoms with Crippen molar-refractivity contribution in [3.63, 3.8) is 0 Å². The first-order chi connectivity index (χ1) is 17.2. The van der Waals surface area contributed by atoms with Crippen molar-refractivity contribution in [1.29, 1.82) is 0 Å².